The van der Waals surface area contributed by atoms with Crippen LogP contribution < -0.4 is 0 Å². The molecule has 0 spiro atoms. The number of nitrogens with one attached hydrogen (secondary N) is 1. The van der Waals surface area contributed by atoms with Gasteiger partial charge in [-0.3, -0.25) is 4.90 Å². The monoisotopic (exact) mass is 371 g/mol. The van der Waals surface area contributed by atoms with Gasteiger partial charge in [0.1, 0.15) is 23.2 Å². The Hall–Kier alpha value is -2.77. The molecule has 1 aliphatic rings. The van der Waals surface area contributed by atoms with E-state index in [2.05, 4.69) is 14.9 Å². The number of aromatic hydroxyl groups is 1. The van der Waals surface area contributed by atoms with E-state index in [0.29, 0.717) is 37.8 Å². The summed E-state index contributed by atoms with van der Waals surface area (Å²) >= 11 is 0. The second kappa shape index (κ2) is 7.46. The Labute approximate surface area is 155 Å². The van der Waals surface area contributed by atoms with Gasteiger partial charge >= 0.3 is 0 Å². The third kappa shape index (κ3) is 3.70. The van der Waals surface area contributed by atoms with Crippen molar-refractivity contribution in [1.82, 2.24) is 14.9 Å². The van der Waals surface area contributed by atoms with Crippen LogP contribution in [-0.2, 0) is 11.3 Å². The number of hydrogen-bond acceptors (Lipinski definition) is 4. The van der Waals surface area contributed by atoms with Crippen LogP contribution in [0, 0.1) is 11.6 Å². The summed E-state index contributed by atoms with van der Waals surface area (Å²) in [6.45, 7) is 2.25. The quantitative estimate of drug-likeness (QED) is 0.735. The number of ether oxygens (including phenoxy) is 1. The summed E-state index contributed by atoms with van der Waals surface area (Å²) in [6, 6.07) is 10.5. The minimum atomic E-state index is -0.642. The van der Waals surface area contributed by atoms with E-state index in [1.807, 2.05) is 12.1 Å². The normalized spacial score (nSPS) is 17.9. The lowest BCUT2D eigenvalue weighted by Crippen LogP contribution is -2.39. The number of rotatable bonds is 4. The van der Waals surface area contributed by atoms with E-state index in [4.69, 9.17) is 4.74 Å². The molecule has 140 valence electrons. The van der Waals surface area contributed by atoms with Gasteiger partial charge in [-0.2, -0.15) is 0 Å². The second-order valence-corrected chi connectivity index (χ2v) is 6.50. The zero-order valence-electron chi connectivity index (χ0n) is 14.5. The molecule has 5 nitrogen and oxygen atoms in total. The largest absolute Gasteiger partial charge is 0.508 e. The van der Waals surface area contributed by atoms with Gasteiger partial charge < -0.3 is 14.8 Å². The molecular weight excluding hydrogens is 352 g/mol. The zero-order valence-corrected chi connectivity index (χ0v) is 14.5. The average molecular weight is 371 g/mol. The Morgan fingerprint density at radius 1 is 1.22 bits per heavy atom. The van der Waals surface area contributed by atoms with E-state index in [-0.39, 0.29) is 17.4 Å². The minimum Gasteiger partial charge on any atom is -0.508 e. The highest BCUT2D eigenvalue weighted by Gasteiger charge is 2.28. The lowest BCUT2D eigenvalue weighted by molar-refractivity contribution is -0.0158. The summed E-state index contributed by atoms with van der Waals surface area (Å²) in [5.41, 5.74) is 1.57. The molecule has 0 amide bonds. The minimum absolute atomic E-state index is 0.157. The maximum atomic E-state index is 14.0. The summed E-state index contributed by atoms with van der Waals surface area (Å²) in [6.07, 6.45) is 1.54. The summed E-state index contributed by atoms with van der Waals surface area (Å²) in [5.74, 6) is -0.373. The molecule has 1 fully saturated rings. The molecule has 0 bridgehead atoms. The van der Waals surface area contributed by atoms with Crippen molar-refractivity contribution >= 4 is 0 Å². The van der Waals surface area contributed by atoms with Crippen LogP contribution in [0.5, 0.6) is 5.75 Å². The first-order chi connectivity index (χ1) is 13.1. The zero-order chi connectivity index (χ0) is 18.8. The predicted octanol–water partition coefficient (Wildman–Crippen LogP) is 3.63. The smallest absolute Gasteiger partial charge is 0.135 e. The first-order valence-corrected chi connectivity index (χ1v) is 8.71. The van der Waals surface area contributed by atoms with Gasteiger partial charge in [-0.25, -0.2) is 13.8 Å². The Morgan fingerprint density at radius 3 is 2.89 bits per heavy atom. The molecule has 0 aliphatic carbocycles. The van der Waals surface area contributed by atoms with Crippen LogP contribution in [0.3, 0.4) is 0 Å². The Balaban J connectivity index is 1.59. The summed E-state index contributed by atoms with van der Waals surface area (Å²) < 4.78 is 32.8. The Kier molecular flexibility index (Phi) is 4.87. The molecule has 1 aromatic heterocycles. The summed E-state index contributed by atoms with van der Waals surface area (Å²) in [5, 5.41) is 10.1. The molecule has 1 unspecified atom stereocenters. The fourth-order valence-corrected chi connectivity index (χ4v) is 3.29. The van der Waals surface area contributed by atoms with Crippen molar-refractivity contribution in [2.24, 2.45) is 0 Å². The van der Waals surface area contributed by atoms with Gasteiger partial charge in [-0.15, -0.1) is 0 Å². The van der Waals surface area contributed by atoms with Crippen molar-refractivity contribution < 1.29 is 18.6 Å². The molecule has 1 saturated heterocycles. The van der Waals surface area contributed by atoms with Gasteiger partial charge in [0.05, 0.1) is 31.1 Å². The van der Waals surface area contributed by atoms with E-state index in [1.54, 1.807) is 18.3 Å². The molecular formula is C20H19F2N3O2. The molecule has 7 heteroatoms. The highest BCUT2D eigenvalue weighted by atomic mass is 19.1. The third-order valence-corrected chi connectivity index (χ3v) is 4.74. The lowest BCUT2D eigenvalue weighted by atomic mass is 10.1. The lowest BCUT2D eigenvalue weighted by Gasteiger charge is -2.34. The second-order valence-electron chi connectivity index (χ2n) is 6.50. The van der Waals surface area contributed by atoms with Crippen molar-refractivity contribution in [2.75, 3.05) is 19.8 Å². The van der Waals surface area contributed by atoms with Crippen LogP contribution in [0.15, 0.2) is 48.7 Å². The van der Waals surface area contributed by atoms with Gasteiger partial charge in [-0.05, 0) is 18.2 Å². The number of aromatic nitrogens is 2. The number of halogens is 2. The average Bonchev–Trinajstić information content (AvgIpc) is 3.14. The number of phenolic OH excluding ortho intramolecular Hbond substituents is 1. The van der Waals surface area contributed by atoms with Crippen molar-refractivity contribution in [2.45, 2.75) is 12.6 Å². The standard InChI is InChI=1S/C20H19F2N3O2/c21-14-5-6-15(16(22)9-14)17-10-23-20(24-17)18-12-27-8-7-25(18)11-13-3-1-2-4-19(13)26/h1-6,9-10,18,26H,7-8,11-12H2,(H,23,24). The molecule has 1 aliphatic heterocycles. The number of imidazole rings is 1. The Bertz CT molecular complexity index is 944. The maximum absolute atomic E-state index is 14.0. The number of benzene rings is 2. The van der Waals surface area contributed by atoms with Crippen LogP contribution in [0.1, 0.15) is 17.4 Å². The molecule has 2 N–H and O–H groups in total. The number of aromatic amines is 1. The molecule has 4 rings (SSSR count). The van der Waals surface area contributed by atoms with E-state index in [1.165, 1.54) is 12.1 Å². The number of phenols is 1. The predicted molar refractivity (Wildman–Crippen MR) is 96.0 cm³/mol. The topological polar surface area (TPSA) is 61.4 Å². The molecule has 0 radical (unpaired) electrons. The number of hydrogen-bond donors (Lipinski definition) is 2. The van der Waals surface area contributed by atoms with Crippen LogP contribution in [0.4, 0.5) is 8.78 Å². The van der Waals surface area contributed by atoms with Gasteiger partial charge in [0.2, 0.25) is 0 Å². The number of H-pyrrole nitrogens is 1. The fraction of sp³-hybridized carbons (Fsp3) is 0.250. The van der Waals surface area contributed by atoms with E-state index >= 15 is 0 Å². The van der Waals surface area contributed by atoms with Gasteiger partial charge in [0, 0.05) is 30.3 Å². The van der Waals surface area contributed by atoms with Crippen LogP contribution in [-0.4, -0.2) is 39.7 Å². The van der Waals surface area contributed by atoms with Crippen LogP contribution >= 0.6 is 0 Å². The van der Waals surface area contributed by atoms with Gasteiger partial charge in [0.15, 0.2) is 0 Å². The highest BCUT2D eigenvalue weighted by Crippen LogP contribution is 2.29. The SMILES string of the molecule is Oc1ccccc1CN1CCOCC1c1ncc(-c2ccc(F)cc2F)[nH]1. The number of morpholine rings is 1. The van der Waals surface area contributed by atoms with Crippen LogP contribution in [0.2, 0.25) is 0 Å². The molecule has 0 saturated carbocycles. The molecule has 2 aromatic carbocycles. The van der Waals surface area contributed by atoms with Crippen molar-refractivity contribution in [3.8, 4) is 17.0 Å². The Morgan fingerprint density at radius 2 is 2.07 bits per heavy atom. The van der Waals surface area contributed by atoms with Crippen molar-refractivity contribution in [3.05, 3.63) is 71.7 Å². The number of para-hydroxylation sites is 1. The van der Waals surface area contributed by atoms with Gasteiger partial charge in [-0.1, -0.05) is 18.2 Å². The first-order valence-electron chi connectivity index (χ1n) is 8.71. The van der Waals surface area contributed by atoms with Crippen molar-refractivity contribution in [1.29, 1.82) is 0 Å². The maximum Gasteiger partial charge on any atom is 0.135 e. The van der Waals surface area contributed by atoms with Crippen molar-refractivity contribution in [3.63, 3.8) is 0 Å². The van der Waals surface area contributed by atoms with E-state index in [9.17, 15) is 13.9 Å². The first kappa shape index (κ1) is 17.6. The number of nitrogens with zero attached hydrogens (tertiary/aromatic N) is 2. The summed E-state index contributed by atoms with van der Waals surface area (Å²) in [7, 11) is 0. The van der Waals surface area contributed by atoms with E-state index < -0.39 is 11.6 Å². The molecule has 3 aromatic rings. The molecule has 1 atom stereocenters. The molecule has 2 heterocycles. The fourth-order valence-electron chi connectivity index (χ4n) is 3.29. The molecule has 27 heavy (non-hydrogen) atoms. The van der Waals surface area contributed by atoms with Crippen LogP contribution in [0.25, 0.3) is 11.3 Å². The highest BCUT2D eigenvalue weighted by molar-refractivity contribution is 5.59. The summed E-state index contributed by atoms with van der Waals surface area (Å²) in [4.78, 5) is 9.68. The van der Waals surface area contributed by atoms with Gasteiger partial charge in [0.25, 0.3) is 0 Å². The van der Waals surface area contributed by atoms with E-state index in [0.717, 1.165) is 11.6 Å². The third-order valence-electron chi connectivity index (χ3n) is 4.74.